The lowest BCUT2D eigenvalue weighted by atomic mass is 10.1. The molecule has 0 fully saturated rings. The summed E-state index contributed by atoms with van der Waals surface area (Å²) in [5, 5.41) is 18.5. The van der Waals surface area contributed by atoms with Crippen LogP contribution < -0.4 is 4.74 Å². The van der Waals surface area contributed by atoms with E-state index in [1.54, 1.807) is 30.3 Å². The molecule has 0 heterocycles. The first kappa shape index (κ1) is 26.2. The number of benzene rings is 2. The SMILES string of the molecule is CCCCCCCCCCCCCCOc1ccc(O)cc1.Oc1cccc(Cl)c1. The first-order chi connectivity index (χ1) is 14.6. The van der Waals surface area contributed by atoms with Gasteiger partial charge in [0.2, 0.25) is 0 Å². The maximum atomic E-state index is 9.19. The molecule has 2 N–H and O–H groups in total. The van der Waals surface area contributed by atoms with Crippen LogP contribution in [0.15, 0.2) is 48.5 Å². The smallest absolute Gasteiger partial charge is 0.119 e. The summed E-state index contributed by atoms with van der Waals surface area (Å²) in [5.41, 5.74) is 0. The highest BCUT2D eigenvalue weighted by molar-refractivity contribution is 6.30. The summed E-state index contributed by atoms with van der Waals surface area (Å²) in [5.74, 6) is 1.34. The number of halogens is 1. The summed E-state index contributed by atoms with van der Waals surface area (Å²) in [4.78, 5) is 0. The number of phenolic OH excluding ortho intramolecular Hbond substituents is 2. The van der Waals surface area contributed by atoms with E-state index < -0.39 is 0 Å². The van der Waals surface area contributed by atoms with Crippen molar-refractivity contribution >= 4 is 11.6 Å². The lowest BCUT2D eigenvalue weighted by molar-refractivity contribution is 0.303. The Morgan fingerprint density at radius 2 is 1.20 bits per heavy atom. The van der Waals surface area contributed by atoms with E-state index in [-0.39, 0.29) is 11.5 Å². The Balaban J connectivity index is 0.000000467. The second-order valence-corrected chi connectivity index (χ2v) is 8.15. The standard InChI is InChI=1S/C20H34O2.C6H5ClO/c1-2-3-4-5-6-7-8-9-10-11-12-13-18-22-20-16-14-19(21)15-17-20;7-5-2-1-3-6(8)4-5/h14-17,21H,2-13,18H2,1H3;1-4,8H. The van der Waals surface area contributed by atoms with E-state index in [4.69, 9.17) is 21.4 Å². The molecule has 2 aromatic rings. The minimum Gasteiger partial charge on any atom is -0.508 e. The number of ether oxygens (including phenoxy) is 1. The second kappa shape index (κ2) is 17.9. The van der Waals surface area contributed by atoms with Crippen LogP contribution in [-0.4, -0.2) is 16.8 Å². The lowest BCUT2D eigenvalue weighted by Crippen LogP contribution is -1.96. The van der Waals surface area contributed by atoms with Crippen molar-refractivity contribution in [1.82, 2.24) is 0 Å². The van der Waals surface area contributed by atoms with Crippen LogP contribution in [0.4, 0.5) is 0 Å². The molecule has 3 nitrogen and oxygen atoms in total. The van der Waals surface area contributed by atoms with E-state index in [0.29, 0.717) is 5.02 Å². The highest BCUT2D eigenvalue weighted by atomic mass is 35.5. The Labute approximate surface area is 188 Å². The van der Waals surface area contributed by atoms with Gasteiger partial charge in [0.15, 0.2) is 0 Å². The van der Waals surface area contributed by atoms with Crippen molar-refractivity contribution in [2.24, 2.45) is 0 Å². The molecule has 0 saturated carbocycles. The molecule has 0 aliphatic rings. The Kier molecular flexibility index (Phi) is 15.7. The molecule has 4 heteroatoms. The fraction of sp³-hybridized carbons (Fsp3) is 0.538. The van der Waals surface area contributed by atoms with Crippen LogP contribution in [0.2, 0.25) is 5.02 Å². The summed E-state index contributed by atoms with van der Waals surface area (Å²) < 4.78 is 5.64. The molecular weight excluding hydrogens is 396 g/mol. The summed E-state index contributed by atoms with van der Waals surface area (Å²) >= 11 is 5.48. The minimum absolute atomic E-state index is 0.206. The van der Waals surface area contributed by atoms with E-state index in [1.165, 1.54) is 76.7 Å². The largest absolute Gasteiger partial charge is 0.508 e. The second-order valence-electron chi connectivity index (χ2n) is 7.71. The topological polar surface area (TPSA) is 49.7 Å². The van der Waals surface area contributed by atoms with E-state index in [2.05, 4.69) is 6.92 Å². The van der Waals surface area contributed by atoms with Gasteiger partial charge in [-0.15, -0.1) is 0 Å². The van der Waals surface area contributed by atoms with Crippen molar-refractivity contribution in [1.29, 1.82) is 0 Å². The third-order valence-electron chi connectivity index (χ3n) is 4.91. The van der Waals surface area contributed by atoms with Gasteiger partial charge in [0.05, 0.1) is 6.61 Å². The van der Waals surface area contributed by atoms with Gasteiger partial charge in [0.1, 0.15) is 17.2 Å². The van der Waals surface area contributed by atoms with Gasteiger partial charge in [0, 0.05) is 5.02 Å². The molecule has 0 atom stereocenters. The van der Waals surface area contributed by atoms with E-state index in [0.717, 1.165) is 18.8 Å². The number of hydrogen-bond acceptors (Lipinski definition) is 3. The van der Waals surface area contributed by atoms with Gasteiger partial charge in [-0.3, -0.25) is 0 Å². The van der Waals surface area contributed by atoms with Crippen LogP contribution in [0.3, 0.4) is 0 Å². The number of aromatic hydroxyl groups is 2. The molecule has 0 spiro atoms. The maximum Gasteiger partial charge on any atom is 0.119 e. The van der Waals surface area contributed by atoms with Crippen molar-refractivity contribution in [2.75, 3.05) is 6.61 Å². The monoisotopic (exact) mass is 434 g/mol. The molecule has 0 bridgehead atoms. The van der Waals surface area contributed by atoms with Gasteiger partial charge < -0.3 is 14.9 Å². The highest BCUT2D eigenvalue weighted by Gasteiger charge is 1.96. The molecular formula is C26H39ClO3. The average Bonchev–Trinajstić information content (AvgIpc) is 2.73. The predicted molar refractivity (Wildman–Crippen MR) is 128 cm³/mol. The molecule has 2 aromatic carbocycles. The third kappa shape index (κ3) is 15.0. The van der Waals surface area contributed by atoms with Gasteiger partial charge >= 0.3 is 0 Å². The van der Waals surface area contributed by atoms with E-state index >= 15 is 0 Å². The zero-order chi connectivity index (χ0) is 21.9. The molecule has 0 aliphatic carbocycles. The Morgan fingerprint density at radius 1 is 0.667 bits per heavy atom. The molecule has 0 radical (unpaired) electrons. The van der Waals surface area contributed by atoms with Gasteiger partial charge in [0.25, 0.3) is 0 Å². The van der Waals surface area contributed by atoms with Crippen LogP contribution in [0.1, 0.15) is 84.0 Å². The Bertz CT molecular complexity index is 626. The minimum atomic E-state index is 0.206. The van der Waals surface area contributed by atoms with Crippen molar-refractivity contribution < 1.29 is 14.9 Å². The van der Waals surface area contributed by atoms with Crippen LogP contribution in [0.5, 0.6) is 17.2 Å². The molecule has 0 aliphatic heterocycles. The van der Waals surface area contributed by atoms with Crippen LogP contribution in [0, 0.1) is 0 Å². The van der Waals surface area contributed by atoms with Crippen molar-refractivity contribution in [3.05, 3.63) is 53.6 Å². The van der Waals surface area contributed by atoms with E-state index in [1.807, 2.05) is 12.1 Å². The number of hydrogen-bond donors (Lipinski definition) is 2. The third-order valence-corrected chi connectivity index (χ3v) is 5.15. The van der Waals surface area contributed by atoms with Crippen molar-refractivity contribution in [3.8, 4) is 17.2 Å². The molecule has 2 rings (SSSR count). The van der Waals surface area contributed by atoms with Gasteiger partial charge in [-0.25, -0.2) is 0 Å². The van der Waals surface area contributed by atoms with Crippen molar-refractivity contribution in [2.45, 2.75) is 84.0 Å². The fourth-order valence-corrected chi connectivity index (χ4v) is 3.34. The number of unbranched alkanes of at least 4 members (excludes halogenated alkanes) is 11. The molecule has 0 unspecified atom stereocenters. The van der Waals surface area contributed by atoms with E-state index in [9.17, 15) is 5.11 Å². The quantitative estimate of drug-likeness (QED) is 0.293. The Hall–Kier alpha value is -1.87. The van der Waals surface area contributed by atoms with Crippen LogP contribution in [-0.2, 0) is 0 Å². The van der Waals surface area contributed by atoms with Crippen LogP contribution >= 0.6 is 11.6 Å². The molecule has 30 heavy (non-hydrogen) atoms. The maximum absolute atomic E-state index is 9.19. The van der Waals surface area contributed by atoms with Crippen LogP contribution in [0.25, 0.3) is 0 Å². The number of phenols is 2. The zero-order valence-corrected chi connectivity index (χ0v) is 19.2. The lowest BCUT2D eigenvalue weighted by Gasteiger charge is -2.06. The first-order valence-corrected chi connectivity index (χ1v) is 11.9. The summed E-state index contributed by atoms with van der Waals surface area (Å²) in [7, 11) is 0. The zero-order valence-electron chi connectivity index (χ0n) is 18.5. The van der Waals surface area contributed by atoms with Gasteiger partial charge in [-0.05, 0) is 48.9 Å². The molecule has 0 amide bonds. The fourth-order valence-electron chi connectivity index (χ4n) is 3.15. The average molecular weight is 435 g/mol. The highest BCUT2D eigenvalue weighted by Crippen LogP contribution is 2.17. The Morgan fingerprint density at radius 3 is 1.67 bits per heavy atom. The molecule has 0 aromatic heterocycles. The summed E-state index contributed by atoms with van der Waals surface area (Å²) in [6, 6.07) is 13.4. The predicted octanol–water partition coefficient (Wildman–Crippen LogP) is 8.52. The van der Waals surface area contributed by atoms with Gasteiger partial charge in [-0.1, -0.05) is 95.2 Å². The van der Waals surface area contributed by atoms with Gasteiger partial charge in [-0.2, -0.15) is 0 Å². The summed E-state index contributed by atoms with van der Waals surface area (Å²) in [6.07, 6.45) is 16.4. The molecule has 0 saturated heterocycles. The van der Waals surface area contributed by atoms with Crippen molar-refractivity contribution in [3.63, 3.8) is 0 Å². The summed E-state index contributed by atoms with van der Waals surface area (Å²) in [6.45, 7) is 3.05. The first-order valence-electron chi connectivity index (χ1n) is 11.5. The normalized spacial score (nSPS) is 10.3. The number of rotatable bonds is 14. The molecule has 168 valence electrons.